The van der Waals surface area contributed by atoms with E-state index in [9.17, 15) is 4.79 Å². The van der Waals surface area contributed by atoms with Gasteiger partial charge in [0.05, 0.1) is 5.52 Å². The van der Waals surface area contributed by atoms with E-state index in [4.69, 9.17) is 4.74 Å². The first-order chi connectivity index (χ1) is 16.5. The molecule has 0 atom stereocenters. The molecule has 1 aromatic heterocycles. The fourth-order valence-electron chi connectivity index (χ4n) is 3.86. The number of fused-ring (bicyclic) bond motifs is 1. The maximum absolute atomic E-state index is 15.1. The second-order valence-electron chi connectivity index (χ2n) is 8.24. The number of carbonyl (C=O) groups is 1. The molecule has 0 spiro atoms. The molecule has 0 bridgehead atoms. The normalized spacial score (nSPS) is 11.5. The number of hydrogen-bond donors (Lipinski definition) is 0. The maximum atomic E-state index is 15.1. The van der Waals surface area contributed by atoms with Gasteiger partial charge in [-0.2, -0.15) is 0 Å². The molecular weight excluding hydrogens is 427 g/mol. The highest BCUT2D eigenvalue weighted by molar-refractivity contribution is 6.19. The Morgan fingerprint density at radius 3 is 2.56 bits per heavy atom. The lowest BCUT2D eigenvalue weighted by Gasteiger charge is -2.19. The Labute approximate surface area is 199 Å². The Morgan fingerprint density at radius 1 is 1.03 bits per heavy atom. The molecule has 3 aromatic carbocycles. The lowest BCUT2D eigenvalue weighted by molar-refractivity contribution is -0.123. The molecule has 4 nitrogen and oxygen atoms in total. The molecule has 0 saturated carbocycles. The van der Waals surface area contributed by atoms with E-state index in [1.165, 1.54) is 6.07 Å². The summed E-state index contributed by atoms with van der Waals surface area (Å²) in [5.41, 5.74) is 3.97. The van der Waals surface area contributed by atoms with E-state index in [1.54, 1.807) is 49.3 Å². The first-order valence-corrected chi connectivity index (χ1v) is 11.2. The van der Waals surface area contributed by atoms with Crippen molar-refractivity contribution in [2.24, 2.45) is 0 Å². The number of aryl methyl sites for hydroxylation is 1. The lowest BCUT2D eigenvalue weighted by Crippen LogP contribution is -2.29. The molecule has 0 aliphatic rings. The highest BCUT2D eigenvalue weighted by atomic mass is 19.1. The van der Waals surface area contributed by atoms with Gasteiger partial charge in [0, 0.05) is 30.7 Å². The summed E-state index contributed by atoms with van der Waals surface area (Å²) in [4.78, 5) is 19.1. The SMILES string of the molecule is C/C=C(\C(=O)N(C)CCc1ccccc1)c1ccc(Oc2ccnc3ccc(C)cc23)c(F)c1. The number of amides is 1. The number of rotatable bonds is 7. The minimum Gasteiger partial charge on any atom is -0.454 e. The summed E-state index contributed by atoms with van der Waals surface area (Å²) >= 11 is 0. The number of halogens is 1. The van der Waals surface area contributed by atoms with Crippen LogP contribution in [0.1, 0.15) is 23.6 Å². The van der Waals surface area contributed by atoms with Gasteiger partial charge in [0.15, 0.2) is 11.6 Å². The molecule has 0 N–H and O–H groups in total. The first-order valence-electron chi connectivity index (χ1n) is 11.2. The molecule has 1 heterocycles. The van der Waals surface area contributed by atoms with E-state index in [-0.39, 0.29) is 11.7 Å². The van der Waals surface area contributed by atoms with Crippen LogP contribution in [0.25, 0.3) is 16.5 Å². The van der Waals surface area contributed by atoms with E-state index < -0.39 is 5.82 Å². The van der Waals surface area contributed by atoms with Gasteiger partial charge in [0.25, 0.3) is 5.91 Å². The number of nitrogens with zero attached hydrogens (tertiary/aromatic N) is 2. The van der Waals surface area contributed by atoms with Crippen LogP contribution in [0.5, 0.6) is 11.5 Å². The fourth-order valence-corrected chi connectivity index (χ4v) is 3.86. The van der Waals surface area contributed by atoms with Gasteiger partial charge in [0.2, 0.25) is 0 Å². The van der Waals surface area contributed by atoms with Crippen LogP contribution in [-0.2, 0) is 11.2 Å². The van der Waals surface area contributed by atoms with E-state index in [2.05, 4.69) is 4.98 Å². The third-order valence-electron chi connectivity index (χ3n) is 5.76. The summed E-state index contributed by atoms with van der Waals surface area (Å²) in [6.07, 6.45) is 4.11. The van der Waals surface area contributed by atoms with Gasteiger partial charge >= 0.3 is 0 Å². The Hall–Kier alpha value is -3.99. The molecule has 5 heteroatoms. The number of carbonyl (C=O) groups excluding carboxylic acids is 1. The number of likely N-dealkylation sites (N-methyl/N-ethyl adjacent to an activating group) is 1. The average molecular weight is 455 g/mol. The van der Waals surface area contributed by atoms with Gasteiger partial charge in [-0.1, -0.05) is 54.1 Å². The molecule has 0 unspecified atom stereocenters. The molecule has 4 aromatic rings. The zero-order valence-corrected chi connectivity index (χ0v) is 19.6. The number of benzene rings is 3. The first kappa shape index (κ1) is 23.2. The smallest absolute Gasteiger partial charge is 0.253 e. The van der Waals surface area contributed by atoms with E-state index in [0.717, 1.165) is 28.5 Å². The van der Waals surface area contributed by atoms with Crippen molar-refractivity contribution in [3.05, 3.63) is 108 Å². The largest absolute Gasteiger partial charge is 0.454 e. The van der Waals surface area contributed by atoms with E-state index in [1.807, 2.05) is 55.5 Å². The van der Waals surface area contributed by atoms with Crippen LogP contribution in [0.3, 0.4) is 0 Å². The predicted molar refractivity (Wildman–Crippen MR) is 134 cm³/mol. The van der Waals surface area contributed by atoms with Crippen LogP contribution in [-0.4, -0.2) is 29.4 Å². The van der Waals surface area contributed by atoms with Gasteiger partial charge < -0.3 is 9.64 Å². The van der Waals surface area contributed by atoms with Gasteiger partial charge in [0.1, 0.15) is 5.75 Å². The monoisotopic (exact) mass is 454 g/mol. The fraction of sp³-hybridized carbons (Fsp3) is 0.172. The Morgan fingerprint density at radius 2 is 1.82 bits per heavy atom. The standard InChI is InChI=1S/C29H27FN2O2/c1-4-23(29(33)32(3)17-15-21-8-6-5-7-9-21)22-11-13-28(25(30)19-22)34-27-14-16-31-26-12-10-20(2)18-24(26)27/h4-14,16,18-19H,15,17H2,1-3H3/b23-4-. The van der Waals surface area contributed by atoms with Crippen molar-refractivity contribution in [3.8, 4) is 11.5 Å². The Bertz CT molecular complexity index is 1350. The van der Waals surface area contributed by atoms with Crippen molar-refractivity contribution >= 4 is 22.4 Å². The van der Waals surface area contributed by atoms with Crippen molar-refractivity contribution in [1.82, 2.24) is 9.88 Å². The topological polar surface area (TPSA) is 42.4 Å². The van der Waals surface area contributed by atoms with Gasteiger partial charge in [-0.3, -0.25) is 9.78 Å². The Kier molecular flexibility index (Phi) is 7.02. The van der Waals surface area contributed by atoms with E-state index in [0.29, 0.717) is 23.4 Å². The molecule has 4 rings (SSSR count). The third-order valence-corrected chi connectivity index (χ3v) is 5.76. The quantitative estimate of drug-likeness (QED) is 0.296. The van der Waals surface area contributed by atoms with Crippen molar-refractivity contribution in [3.63, 3.8) is 0 Å². The third kappa shape index (κ3) is 5.15. The molecule has 0 aliphatic carbocycles. The van der Waals surface area contributed by atoms with Crippen LogP contribution in [0.15, 0.2) is 85.1 Å². The lowest BCUT2D eigenvalue weighted by atomic mass is 10.0. The zero-order chi connectivity index (χ0) is 24.1. The van der Waals surface area contributed by atoms with Crippen LogP contribution in [0.2, 0.25) is 0 Å². The minimum absolute atomic E-state index is 0.0955. The number of ether oxygens (including phenoxy) is 1. The van der Waals surface area contributed by atoms with Crippen molar-refractivity contribution in [1.29, 1.82) is 0 Å². The second-order valence-corrected chi connectivity index (χ2v) is 8.24. The number of hydrogen-bond acceptors (Lipinski definition) is 3. The van der Waals surface area contributed by atoms with E-state index >= 15 is 4.39 Å². The number of aromatic nitrogens is 1. The van der Waals surface area contributed by atoms with Crippen LogP contribution >= 0.6 is 0 Å². The molecule has 1 amide bonds. The second kappa shape index (κ2) is 10.3. The van der Waals surface area contributed by atoms with Crippen molar-refractivity contribution < 1.29 is 13.9 Å². The Balaban J connectivity index is 1.51. The maximum Gasteiger partial charge on any atom is 0.253 e. The molecule has 0 aliphatic heterocycles. The molecule has 172 valence electrons. The summed E-state index contributed by atoms with van der Waals surface area (Å²) in [6, 6.07) is 22.2. The van der Waals surface area contributed by atoms with Crippen LogP contribution in [0, 0.1) is 12.7 Å². The molecule has 34 heavy (non-hydrogen) atoms. The van der Waals surface area contributed by atoms with Crippen molar-refractivity contribution in [2.45, 2.75) is 20.3 Å². The van der Waals surface area contributed by atoms with Crippen LogP contribution in [0.4, 0.5) is 4.39 Å². The summed E-state index contributed by atoms with van der Waals surface area (Å²) in [5, 5.41) is 0.815. The highest BCUT2D eigenvalue weighted by Crippen LogP contribution is 2.32. The zero-order valence-electron chi connectivity index (χ0n) is 19.6. The van der Waals surface area contributed by atoms with Crippen molar-refractivity contribution in [2.75, 3.05) is 13.6 Å². The summed E-state index contributed by atoms with van der Waals surface area (Å²) in [7, 11) is 1.76. The van der Waals surface area contributed by atoms with Gasteiger partial charge in [-0.25, -0.2) is 4.39 Å². The summed E-state index contributed by atoms with van der Waals surface area (Å²) < 4.78 is 21.0. The molecular formula is C29H27FN2O2. The molecule has 0 fully saturated rings. The van der Waals surface area contributed by atoms with Crippen LogP contribution < -0.4 is 4.74 Å². The minimum atomic E-state index is -0.533. The average Bonchev–Trinajstić information content (AvgIpc) is 2.85. The molecule has 0 radical (unpaired) electrons. The summed E-state index contributed by atoms with van der Waals surface area (Å²) in [5.74, 6) is -0.0577. The number of pyridine rings is 1. The number of allylic oxidation sites excluding steroid dienone is 1. The predicted octanol–water partition coefficient (Wildman–Crippen LogP) is 6.58. The molecule has 0 saturated heterocycles. The summed E-state index contributed by atoms with van der Waals surface area (Å²) in [6.45, 7) is 4.34. The highest BCUT2D eigenvalue weighted by Gasteiger charge is 2.18. The van der Waals surface area contributed by atoms with Gasteiger partial charge in [-0.15, -0.1) is 0 Å². The van der Waals surface area contributed by atoms with Gasteiger partial charge in [-0.05, 0) is 61.7 Å².